The van der Waals surface area contributed by atoms with Crippen LogP contribution in [0.4, 0.5) is 0 Å². The Kier molecular flexibility index (Phi) is 3.09. The van der Waals surface area contributed by atoms with Crippen LogP contribution >= 0.6 is 15.9 Å². The molecule has 0 amide bonds. The van der Waals surface area contributed by atoms with E-state index in [2.05, 4.69) is 40.1 Å². The third-order valence-corrected chi connectivity index (χ3v) is 4.55. The molecule has 1 aromatic heterocycles. The van der Waals surface area contributed by atoms with Gasteiger partial charge in [0.05, 0.1) is 0 Å². The molecule has 0 radical (unpaired) electrons. The Morgan fingerprint density at radius 3 is 2.75 bits per heavy atom. The van der Waals surface area contributed by atoms with E-state index in [0.29, 0.717) is 10.5 Å². The molecule has 5 heteroatoms. The topological polar surface area (TPSA) is 50.9 Å². The standard InChI is InChI=1S/C11H18BrN3O/c1-7-5-4-6-11(16,8(7)2)9-10(12)13-14-15(9)3/h7-8,16H,4-6H2,1-3H3. The van der Waals surface area contributed by atoms with Crippen LogP contribution < -0.4 is 0 Å². The van der Waals surface area contributed by atoms with Crippen LogP contribution in [0.3, 0.4) is 0 Å². The van der Waals surface area contributed by atoms with E-state index in [9.17, 15) is 5.11 Å². The molecule has 1 aliphatic rings. The number of aliphatic hydroxyl groups is 1. The van der Waals surface area contributed by atoms with Crippen molar-refractivity contribution in [2.24, 2.45) is 18.9 Å². The van der Waals surface area contributed by atoms with Crippen molar-refractivity contribution in [3.8, 4) is 0 Å². The first-order chi connectivity index (χ1) is 7.47. The highest BCUT2D eigenvalue weighted by atomic mass is 79.9. The van der Waals surface area contributed by atoms with E-state index >= 15 is 0 Å². The maximum Gasteiger partial charge on any atom is 0.154 e. The minimum atomic E-state index is -0.797. The number of nitrogens with zero attached hydrogens (tertiary/aromatic N) is 3. The van der Waals surface area contributed by atoms with Gasteiger partial charge in [-0.2, -0.15) is 0 Å². The Balaban J connectivity index is 2.44. The largest absolute Gasteiger partial charge is 0.383 e. The molecule has 2 rings (SSSR count). The lowest BCUT2D eigenvalue weighted by molar-refractivity contribution is -0.0752. The minimum absolute atomic E-state index is 0.231. The fraction of sp³-hybridized carbons (Fsp3) is 0.818. The minimum Gasteiger partial charge on any atom is -0.383 e. The van der Waals surface area contributed by atoms with Gasteiger partial charge in [0.2, 0.25) is 0 Å². The summed E-state index contributed by atoms with van der Waals surface area (Å²) in [5.41, 5.74) is 0.0147. The molecule has 16 heavy (non-hydrogen) atoms. The van der Waals surface area contributed by atoms with Gasteiger partial charge in [0.1, 0.15) is 11.3 Å². The average Bonchev–Trinajstić information content (AvgIpc) is 2.55. The van der Waals surface area contributed by atoms with Gasteiger partial charge in [0.25, 0.3) is 0 Å². The lowest BCUT2D eigenvalue weighted by Gasteiger charge is -2.41. The summed E-state index contributed by atoms with van der Waals surface area (Å²) in [6, 6.07) is 0. The summed E-state index contributed by atoms with van der Waals surface area (Å²) in [6.45, 7) is 4.32. The van der Waals surface area contributed by atoms with Gasteiger partial charge in [-0.15, -0.1) is 5.10 Å². The van der Waals surface area contributed by atoms with Crippen molar-refractivity contribution in [3.63, 3.8) is 0 Å². The second-order valence-corrected chi connectivity index (χ2v) is 5.69. The molecule has 0 spiro atoms. The maximum atomic E-state index is 10.9. The summed E-state index contributed by atoms with van der Waals surface area (Å²) in [5.74, 6) is 0.760. The van der Waals surface area contributed by atoms with Gasteiger partial charge in [-0.3, -0.25) is 0 Å². The summed E-state index contributed by atoms with van der Waals surface area (Å²) in [5, 5.41) is 18.8. The molecule has 1 saturated carbocycles. The molecule has 1 heterocycles. The first kappa shape index (κ1) is 12.0. The van der Waals surface area contributed by atoms with Crippen molar-refractivity contribution < 1.29 is 5.11 Å². The monoisotopic (exact) mass is 287 g/mol. The van der Waals surface area contributed by atoms with Crippen molar-refractivity contribution >= 4 is 15.9 Å². The van der Waals surface area contributed by atoms with Crippen molar-refractivity contribution in [3.05, 3.63) is 10.3 Å². The zero-order chi connectivity index (χ0) is 11.9. The SMILES string of the molecule is CC1CCCC(O)(c2c(Br)nnn2C)C1C. The second-order valence-electron chi connectivity index (χ2n) is 4.93. The van der Waals surface area contributed by atoms with Crippen LogP contribution in [0.1, 0.15) is 38.8 Å². The molecule has 1 aliphatic carbocycles. The van der Waals surface area contributed by atoms with Gasteiger partial charge < -0.3 is 5.11 Å². The number of aromatic nitrogens is 3. The van der Waals surface area contributed by atoms with Gasteiger partial charge in [-0.05, 0) is 40.6 Å². The first-order valence-corrected chi connectivity index (χ1v) is 6.54. The van der Waals surface area contributed by atoms with Crippen LogP contribution in [0.15, 0.2) is 4.60 Å². The van der Waals surface area contributed by atoms with Gasteiger partial charge >= 0.3 is 0 Å². The average molecular weight is 288 g/mol. The molecule has 90 valence electrons. The molecule has 1 N–H and O–H groups in total. The number of hydrogen-bond acceptors (Lipinski definition) is 3. The molecular formula is C11H18BrN3O. The van der Waals surface area contributed by atoms with Crippen LogP contribution in [0, 0.1) is 11.8 Å². The summed E-state index contributed by atoms with van der Waals surface area (Å²) in [4.78, 5) is 0. The molecule has 3 atom stereocenters. The van der Waals surface area contributed by atoms with Crippen molar-refractivity contribution in [1.82, 2.24) is 15.0 Å². The Labute approximate surface area is 104 Å². The fourth-order valence-electron chi connectivity index (χ4n) is 2.77. The van der Waals surface area contributed by atoms with Crippen molar-refractivity contribution in [2.45, 2.75) is 38.7 Å². The second kappa shape index (κ2) is 4.11. The fourth-order valence-corrected chi connectivity index (χ4v) is 3.44. The predicted molar refractivity (Wildman–Crippen MR) is 64.8 cm³/mol. The maximum absolute atomic E-state index is 10.9. The molecule has 1 fully saturated rings. The Morgan fingerprint density at radius 1 is 1.50 bits per heavy atom. The molecule has 0 aromatic carbocycles. The molecular weight excluding hydrogens is 270 g/mol. The highest BCUT2D eigenvalue weighted by molar-refractivity contribution is 9.10. The van der Waals surface area contributed by atoms with E-state index in [4.69, 9.17) is 0 Å². The summed E-state index contributed by atoms with van der Waals surface area (Å²) < 4.78 is 2.34. The van der Waals surface area contributed by atoms with Gasteiger partial charge in [-0.25, -0.2) is 4.68 Å². The van der Waals surface area contributed by atoms with Gasteiger partial charge in [0.15, 0.2) is 4.60 Å². The van der Waals surface area contributed by atoms with Crippen LogP contribution in [-0.2, 0) is 12.6 Å². The molecule has 0 bridgehead atoms. The Bertz CT molecular complexity index is 373. The molecule has 1 aromatic rings. The van der Waals surface area contributed by atoms with Crippen molar-refractivity contribution in [2.75, 3.05) is 0 Å². The Morgan fingerprint density at radius 2 is 2.19 bits per heavy atom. The van der Waals surface area contributed by atoms with E-state index in [1.807, 2.05) is 7.05 Å². The lowest BCUT2D eigenvalue weighted by Crippen LogP contribution is -2.42. The quantitative estimate of drug-likeness (QED) is 0.862. The van der Waals surface area contributed by atoms with Crippen LogP contribution in [0.5, 0.6) is 0 Å². The third kappa shape index (κ3) is 1.70. The lowest BCUT2D eigenvalue weighted by atomic mass is 9.69. The molecule has 0 aliphatic heterocycles. The zero-order valence-electron chi connectivity index (χ0n) is 9.94. The molecule has 4 nitrogen and oxygen atoms in total. The van der Waals surface area contributed by atoms with E-state index in [-0.39, 0.29) is 5.92 Å². The van der Waals surface area contributed by atoms with E-state index in [0.717, 1.165) is 18.5 Å². The smallest absolute Gasteiger partial charge is 0.154 e. The number of aryl methyl sites for hydroxylation is 1. The van der Waals surface area contributed by atoms with Crippen LogP contribution in [-0.4, -0.2) is 20.1 Å². The summed E-state index contributed by atoms with van der Waals surface area (Å²) in [7, 11) is 1.83. The summed E-state index contributed by atoms with van der Waals surface area (Å²) in [6.07, 6.45) is 3.03. The van der Waals surface area contributed by atoms with Crippen LogP contribution in [0.2, 0.25) is 0 Å². The highest BCUT2D eigenvalue weighted by Gasteiger charge is 2.44. The third-order valence-electron chi connectivity index (χ3n) is 4.02. The molecule has 0 saturated heterocycles. The number of rotatable bonds is 1. The van der Waals surface area contributed by atoms with E-state index in [1.54, 1.807) is 4.68 Å². The van der Waals surface area contributed by atoms with E-state index < -0.39 is 5.60 Å². The normalized spacial score (nSPS) is 35.3. The van der Waals surface area contributed by atoms with Gasteiger partial charge in [0, 0.05) is 7.05 Å². The highest BCUT2D eigenvalue weighted by Crippen LogP contribution is 2.45. The van der Waals surface area contributed by atoms with E-state index in [1.165, 1.54) is 6.42 Å². The number of halogens is 1. The van der Waals surface area contributed by atoms with Crippen molar-refractivity contribution in [1.29, 1.82) is 0 Å². The van der Waals surface area contributed by atoms with Gasteiger partial charge in [-0.1, -0.05) is 25.5 Å². The zero-order valence-corrected chi connectivity index (χ0v) is 11.5. The Hall–Kier alpha value is -0.420. The predicted octanol–water partition coefficient (Wildman–Crippen LogP) is 2.22. The van der Waals surface area contributed by atoms with Crippen LogP contribution in [0.25, 0.3) is 0 Å². The molecule has 3 unspecified atom stereocenters. The first-order valence-electron chi connectivity index (χ1n) is 5.75. The summed E-state index contributed by atoms with van der Waals surface area (Å²) >= 11 is 3.38. The number of hydrogen-bond donors (Lipinski definition) is 1.